The van der Waals surface area contributed by atoms with Crippen LogP contribution in [0.5, 0.6) is 0 Å². The summed E-state index contributed by atoms with van der Waals surface area (Å²) in [6.45, 7) is 8.29. The SMILES string of the molecule is CCCCC(=O)OC1=C(OC(=O)CCCC)[C@]2(C)C(=CC1=O)CC[C@H]1[C@@H]3C[C@H](C)[C@](O)(C(=O)CO)[C@@]3(C)C[C@H](O)[C@@]12Cl. The normalized spacial score (nSPS) is 39.2. The standard InChI is InChI=1S/C32H45ClO9/c1-6-8-10-25(38)41-27-22(35)15-19-12-13-20-21-14-18(3)32(40,24(37)17-34)29(21,4)16-23(36)31(20,33)30(19,5)28(27)42-26(39)11-9-7-2/h15,18,20-21,23,34,36,40H,6-14,16-17H2,1-5H3/t18-,20-,21-,23-,29-,30-,31-,32-/m0/s1. The predicted molar refractivity (Wildman–Crippen MR) is 154 cm³/mol. The lowest BCUT2D eigenvalue weighted by Crippen LogP contribution is -2.70. The molecule has 234 valence electrons. The molecule has 9 nitrogen and oxygen atoms in total. The van der Waals surface area contributed by atoms with Gasteiger partial charge in [-0.15, -0.1) is 11.6 Å². The molecule has 3 N–H and O–H groups in total. The molecule has 0 radical (unpaired) electrons. The number of ketones is 2. The van der Waals surface area contributed by atoms with Crippen LogP contribution in [0.25, 0.3) is 0 Å². The molecule has 0 heterocycles. The number of unbranched alkanes of at least 4 members (excludes halogenated alkanes) is 2. The van der Waals surface area contributed by atoms with E-state index in [1.165, 1.54) is 6.08 Å². The first kappa shape index (κ1) is 32.8. The third-order valence-corrected chi connectivity index (χ3v) is 11.8. The summed E-state index contributed by atoms with van der Waals surface area (Å²) in [5.74, 6) is -4.39. The molecule has 0 unspecified atom stereocenters. The van der Waals surface area contributed by atoms with Crippen LogP contribution < -0.4 is 0 Å². The third kappa shape index (κ3) is 4.61. The fourth-order valence-corrected chi connectivity index (χ4v) is 9.16. The van der Waals surface area contributed by atoms with E-state index in [2.05, 4.69) is 0 Å². The van der Waals surface area contributed by atoms with Gasteiger partial charge in [-0.1, -0.05) is 46.1 Å². The van der Waals surface area contributed by atoms with Crippen molar-refractivity contribution in [1.29, 1.82) is 0 Å². The minimum absolute atomic E-state index is 0.0657. The fourth-order valence-electron chi connectivity index (χ4n) is 8.61. The minimum atomic E-state index is -1.86. The minimum Gasteiger partial charge on any atom is -0.426 e. The second-order valence-electron chi connectivity index (χ2n) is 13.1. The van der Waals surface area contributed by atoms with E-state index in [-0.39, 0.29) is 36.7 Å². The van der Waals surface area contributed by atoms with Crippen molar-refractivity contribution in [2.24, 2.45) is 28.6 Å². The van der Waals surface area contributed by atoms with Crippen molar-refractivity contribution in [3.63, 3.8) is 0 Å². The number of aliphatic hydroxyl groups is 3. The van der Waals surface area contributed by atoms with E-state index in [0.717, 1.165) is 12.8 Å². The molecule has 0 saturated heterocycles. The van der Waals surface area contributed by atoms with E-state index < -0.39 is 69.4 Å². The van der Waals surface area contributed by atoms with Crippen LogP contribution in [-0.2, 0) is 28.7 Å². The lowest BCUT2D eigenvalue weighted by atomic mass is 9.45. The Morgan fingerprint density at radius 3 is 2.21 bits per heavy atom. The first-order valence-corrected chi connectivity index (χ1v) is 15.7. The average molecular weight is 609 g/mol. The number of Topliss-reactive ketones (excluding diaryl/α,β-unsaturated/α-hetero) is 1. The molecular formula is C32H45ClO9. The molecule has 0 aromatic rings. The van der Waals surface area contributed by atoms with Crippen molar-refractivity contribution in [2.75, 3.05) is 6.61 Å². The van der Waals surface area contributed by atoms with Crippen molar-refractivity contribution >= 4 is 35.1 Å². The summed E-state index contributed by atoms with van der Waals surface area (Å²) in [7, 11) is 0. The van der Waals surface area contributed by atoms with Crippen molar-refractivity contribution in [1.82, 2.24) is 0 Å². The number of allylic oxidation sites excluding steroid dienone is 2. The number of hydrogen-bond donors (Lipinski definition) is 3. The number of carbonyl (C=O) groups excluding carboxylic acids is 4. The van der Waals surface area contributed by atoms with E-state index in [1.807, 2.05) is 13.8 Å². The maximum atomic E-state index is 13.4. The molecule has 0 amide bonds. The number of fused-ring (bicyclic) bond motifs is 5. The van der Waals surface area contributed by atoms with E-state index in [9.17, 15) is 34.5 Å². The number of esters is 2. The van der Waals surface area contributed by atoms with Gasteiger partial charge in [0.2, 0.25) is 11.5 Å². The second-order valence-corrected chi connectivity index (χ2v) is 13.7. The lowest BCUT2D eigenvalue weighted by molar-refractivity contribution is -0.182. The van der Waals surface area contributed by atoms with Crippen LogP contribution in [0, 0.1) is 28.6 Å². The van der Waals surface area contributed by atoms with E-state index >= 15 is 0 Å². The van der Waals surface area contributed by atoms with Crippen molar-refractivity contribution in [3.8, 4) is 0 Å². The average Bonchev–Trinajstić information content (AvgIpc) is 3.15. The van der Waals surface area contributed by atoms with Gasteiger partial charge in [0.15, 0.2) is 11.5 Å². The molecule has 0 spiro atoms. The highest BCUT2D eigenvalue weighted by molar-refractivity contribution is 6.26. The molecular weight excluding hydrogens is 564 g/mol. The zero-order valence-electron chi connectivity index (χ0n) is 25.3. The number of halogens is 1. The summed E-state index contributed by atoms with van der Waals surface area (Å²) in [6, 6.07) is 0. The van der Waals surface area contributed by atoms with Gasteiger partial charge in [-0.3, -0.25) is 19.2 Å². The summed E-state index contributed by atoms with van der Waals surface area (Å²) in [6.07, 6.45) is 4.00. The van der Waals surface area contributed by atoms with Crippen molar-refractivity contribution in [3.05, 3.63) is 23.2 Å². The summed E-state index contributed by atoms with van der Waals surface area (Å²) < 4.78 is 11.6. The summed E-state index contributed by atoms with van der Waals surface area (Å²) in [5.41, 5.74) is -3.80. The molecule has 0 aromatic carbocycles. The van der Waals surface area contributed by atoms with Crippen molar-refractivity contribution < 1.29 is 44.0 Å². The fraction of sp³-hybridized carbons (Fsp3) is 0.750. The van der Waals surface area contributed by atoms with Gasteiger partial charge in [0.25, 0.3) is 0 Å². The van der Waals surface area contributed by atoms with E-state index in [0.29, 0.717) is 37.7 Å². The van der Waals surface area contributed by atoms with Crippen LogP contribution in [-0.4, -0.2) is 62.0 Å². The van der Waals surface area contributed by atoms with Crippen LogP contribution in [0.1, 0.15) is 98.8 Å². The van der Waals surface area contributed by atoms with Gasteiger partial charge in [-0.2, -0.15) is 0 Å². The molecule has 4 aliphatic carbocycles. The molecule has 0 aromatic heterocycles. The number of aliphatic hydroxyl groups excluding tert-OH is 2. The second kappa shape index (κ2) is 11.8. The lowest BCUT2D eigenvalue weighted by Gasteiger charge is -2.64. The highest BCUT2D eigenvalue weighted by atomic mass is 35.5. The summed E-state index contributed by atoms with van der Waals surface area (Å²) >= 11 is 7.66. The smallest absolute Gasteiger partial charge is 0.311 e. The van der Waals surface area contributed by atoms with Gasteiger partial charge in [-0.05, 0) is 69.3 Å². The Morgan fingerprint density at radius 2 is 1.64 bits per heavy atom. The van der Waals surface area contributed by atoms with Crippen LogP contribution >= 0.6 is 11.6 Å². The molecule has 4 rings (SSSR count). The molecule has 8 atom stereocenters. The molecule has 42 heavy (non-hydrogen) atoms. The summed E-state index contributed by atoms with van der Waals surface area (Å²) in [5, 5.41) is 33.6. The highest BCUT2D eigenvalue weighted by Crippen LogP contribution is 2.72. The number of rotatable bonds is 10. The van der Waals surface area contributed by atoms with E-state index in [4.69, 9.17) is 21.1 Å². The Labute approximate surface area is 252 Å². The van der Waals surface area contributed by atoms with Crippen LogP contribution in [0.3, 0.4) is 0 Å². The Balaban J connectivity index is 1.87. The first-order chi connectivity index (χ1) is 19.7. The maximum Gasteiger partial charge on any atom is 0.311 e. The predicted octanol–water partition coefficient (Wildman–Crippen LogP) is 4.29. The third-order valence-electron chi connectivity index (χ3n) is 10.9. The monoisotopic (exact) mass is 608 g/mol. The van der Waals surface area contributed by atoms with Crippen LogP contribution in [0.15, 0.2) is 23.2 Å². The van der Waals surface area contributed by atoms with Gasteiger partial charge < -0.3 is 24.8 Å². The summed E-state index contributed by atoms with van der Waals surface area (Å²) in [4.78, 5) is 50.7. The molecule has 10 heteroatoms. The molecule has 3 saturated carbocycles. The topological polar surface area (TPSA) is 147 Å². The van der Waals surface area contributed by atoms with Gasteiger partial charge in [0, 0.05) is 18.3 Å². The quantitative estimate of drug-likeness (QED) is 0.244. The van der Waals surface area contributed by atoms with Crippen molar-refractivity contribution in [2.45, 2.75) is 115 Å². The Bertz CT molecular complexity index is 1210. The molecule has 3 fully saturated rings. The van der Waals surface area contributed by atoms with Crippen LogP contribution in [0.2, 0.25) is 0 Å². The number of ether oxygens (including phenoxy) is 2. The first-order valence-electron chi connectivity index (χ1n) is 15.3. The van der Waals surface area contributed by atoms with Gasteiger partial charge in [0.05, 0.1) is 16.4 Å². The Kier molecular flexibility index (Phi) is 9.22. The van der Waals surface area contributed by atoms with Gasteiger partial charge in [-0.25, -0.2) is 0 Å². The molecule has 0 bridgehead atoms. The largest absolute Gasteiger partial charge is 0.426 e. The zero-order valence-corrected chi connectivity index (χ0v) is 26.1. The number of alkyl halides is 1. The molecule has 0 aliphatic heterocycles. The Hall–Kier alpha value is -2.07. The highest BCUT2D eigenvalue weighted by Gasteiger charge is 2.76. The van der Waals surface area contributed by atoms with Crippen LogP contribution in [0.4, 0.5) is 0 Å². The Morgan fingerprint density at radius 1 is 1.05 bits per heavy atom. The maximum absolute atomic E-state index is 13.4. The number of hydrogen-bond acceptors (Lipinski definition) is 9. The molecule has 4 aliphatic rings. The van der Waals surface area contributed by atoms with E-state index in [1.54, 1.807) is 20.8 Å². The zero-order chi connectivity index (χ0) is 31.3. The van der Waals surface area contributed by atoms with Gasteiger partial charge >= 0.3 is 11.9 Å². The number of carbonyl (C=O) groups is 4. The van der Waals surface area contributed by atoms with Gasteiger partial charge in [0.1, 0.15) is 12.2 Å².